The summed E-state index contributed by atoms with van der Waals surface area (Å²) in [4.78, 5) is 21.7. The van der Waals surface area contributed by atoms with E-state index >= 15 is 0 Å². The van der Waals surface area contributed by atoms with Crippen molar-refractivity contribution in [1.82, 2.24) is 5.32 Å². The van der Waals surface area contributed by atoms with E-state index in [1.807, 2.05) is 0 Å². The molecule has 0 aliphatic carbocycles. The number of hydrogen-bond donors (Lipinski definition) is 3. The Bertz CT molecular complexity index is 489. The summed E-state index contributed by atoms with van der Waals surface area (Å²) in [5, 5.41) is 13.2. The Morgan fingerprint density at radius 2 is 1.95 bits per heavy atom. The van der Waals surface area contributed by atoms with Crippen molar-refractivity contribution >= 4 is 17.7 Å². The number of amides is 2. The lowest BCUT2D eigenvalue weighted by molar-refractivity contribution is -0.135. The maximum absolute atomic E-state index is 11.4. The van der Waals surface area contributed by atoms with Gasteiger partial charge < -0.3 is 25.2 Å². The van der Waals surface area contributed by atoms with Gasteiger partial charge in [0.15, 0.2) is 11.5 Å². The van der Waals surface area contributed by atoms with Crippen molar-refractivity contribution in [2.24, 2.45) is 0 Å². The molecule has 1 aromatic rings. The quantitative estimate of drug-likeness (QED) is 0.760. The number of hydrogen-bond acceptors (Lipinski definition) is 4. The van der Waals surface area contributed by atoms with Gasteiger partial charge in [-0.25, -0.2) is 4.79 Å². The van der Waals surface area contributed by atoms with Crippen LogP contribution < -0.4 is 20.1 Å². The predicted octanol–water partition coefficient (Wildman–Crippen LogP) is 1.05. The molecule has 0 bridgehead atoms. The standard InChI is InChI=1S/C12H14N2O5/c15-11(16)7-13-12(17)14-8-2-3-9-10(6-8)19-5-1-4-18-9/h2-3,6H,1,4-5,7H2,(H,15,16)(H2,13,14,17). The Hall–Kier alpha value is -2.44. The van der Waals surface area contributed by atoms with Crippen molar-refractivity contribution in [3.05, 3.63) is 18.2 Å². The Morgan fingerprint density at radius 1 is 1.21 bits per heavy atom. The second-order valence-electron chi connectivity index (χ2n) is 3.91. The van der Waals surface area contributed by atoms with E-state index in [0.29, 0.717) is 30.4 Å². The smallest absolute Gasteiger partial charge is 0.323 e. The monoisotopic (exact) mass is 266 g/mol. The van der Waals surface area contributed by atoms with E-state index in [1.54, 1.807) is 18.2 Å². The topological polar surface area (TPSA) is 96.9 Å². The van der Waals surface area contributed by atoms with Crippen LogP contribution in [0.1, 0.15) is 6.42 Å². The number of benzene rings is 1. The van der Waals surface area contributed by atoms with Gasteiger partial charge in [0.1, 0.15) is 6.54 Å². The summed E-state index contributed by atoms with van der Waals surface area (Å²) < 4.78 is 10.9. The normalized spacial score (nSPS) is 13.3. The molecule has 0 fully saturated rings. The van der Waals surface area contributed by atoms with E-state index < -0.39 is 18.5 Å². The number of anilines is 1. The van der Waals surface area contributed by atoms with Crippen molar-refractivity contribution in [3.8, 4) is 11.5 Å². The number of aliphatic carboxylic acids is 1. The fourth-order valence-corrected chi connectivity index (χ4v) is 1.57. The summed E-state index contributed by atoms with van der Waals surface area (Å²) in [6.45, 7) is 0.719. The van der Waals surface area contributed by atoms with Crippen molar-refractivity contribution in [2.75, 3.05) is 25.1 Å². The lowest BCUT2D eigenvalue weighted by Crippen LogP contribution is -2.33. The molecule has 7 nitrogen and oxygen atoms in total. The van der Waals surface area contributed by atoms with Crippen LogP contribution in [0.15, 0.2) is 18.2 Å². The summed E-state index contributed by atoms with van der Waals surface area (Å²) in [5.74, 6) is 0.0938. The van der Waals surface area contributed by atoms with Crippen LogP contribution in [0.2, 0.25) is 0 Å². The molecule has 0 spiro atoms. The molecule has 19 heavy (non-hydrogen) atoms. The second-order valence-corrected chi connectivity index (χ2v) is 3.91. The fraction of sp³-hybridized carbons (Fsp3) is 0.333. The van der Waals surface area contributed by atoms with E-state index in [0.717, 1.165) is 6.42 Å². The summed E-state index contributed by atoms with van der Waals surface area (Å²) >= 11 is 0. The molecule has 102 valence electrons. The third-order valence-corrected chi connectivity index (χ3v) is 2.41. The van der Waals surface area contributed by atoms with Crippen LogP contribution in [0.5, 0.6) is 11.5 Å². The van der Waals surface area contributed by atoms with Crippen LogP contribution in [-0.2, 0) is 4.79 Å². The Balaban J connectivity index is 1.99. The molecular weight excluding hydrogens is 252 g/mol. The molecule has 1 aromatic carbocycles. The van der Waals surface area contributed by atoms with Crippen LogP contribution >= 0.6 is 0 Å². The second kappa shape index (κ2) is 5.94. The highest BCUT2D eigenvalue weighted by atomic mass is 16.5. The summed E-state index contributed by atoms with van der Waals surface area (Å²) in [6.07, 6.45) is 0.802. The number of carbonyl (C=O) groups is 2. The highest BCUT2D eigenvalue weighted by Gasteiger charge is 2.11. The lowest BCUT2D eigenvalue weighted by Gasteiger charge is -2.10. The maximum Gasteiger partial charge on any atom is 0.323 e. The van der Waals surface area contributed by atoms with E-state index in [4.69, 9.17) is 14.6 Å². The van der Waals surface area contributed by atoms with Gasteiger partial charge in [-0.1, -0.05) is 0 Å². The molecule has 1 aliphatic heterocycles. The molecular formula is C12H14N2O5. The number of carboxylic acid groups (broad SMARTS) is 1. The van der Waals surface area contributed by atoms with Gasteiger partial charge in [-0.3, -0.25) is 4.79 Å². The van der Waals surface area contributed by atoms with Gasteiger partial charge >= 0.3 is 12.0 Å². The van der Waals surface area contributed by atoms with Crippen LogP contribution in [0.25, 0.3) is 0 Å². The number of urea groups is 1. The molecule has 2 amide bonds. The highest BCUT2D eigenvalue weighted by Crippen LogP contribution is 2.32. The zero-order valence-corrected chi connectivity index (χ0v) is 10.1. The largest absolute Gasteiger partial charge is 0.490 e. The first-order chi connectivity index (χ1) is 9.15. The first kappa shape index (κ1) is 13.0. The SMILES string of the molecule is O=C(O)CNC(=O)Nc1ccc2c(c1)OCCCO2. The van der Waals surface area contributed by atoms with Crippen molar-refractivity contribution in [1.29, 1.82) is 0 Å². The van der Waals surface area contributed by atoms with Crippen LogP contribution in [0.4, 0.5) is 10.5 Å². The summed E-state index contributed by atoms with van der Waals surface area (Å²) in [6, 6.07) is 4.42. The van der Waals surface area contributed by atoms with Crippen LogP contribution in [-0.4, -0.2) is 36.9 Å². The van der Waals surface area contributed by atoms with E-state index in [1.165, 1.54) is 0 Å². The van der Waals surface area contributed by atoms with Gasteiger partial charge in [0.2, 0.25) is 0 Å². The molecule has 1 heterocycles. The zero-order valence-electron chi connectivity index (χ0n) is 10.1. The van der Waals surface area contributed by atoms with Gasteiger partial charge in [0.25, 0.3) is 0 Å². The number of nitrogens with one attached hydrogen (secondary N) is 2. The van der Waals surface area contributed by atoms with Gasteiger partial charge in [-0.15, -0.1) is 0 Å². The minimum absolute atomic E-state index is 0.434. The highest BCUT2D eigenvalue weighted by molar-refractivity contribution is 5.91. The average molecular weight is 266 g/mol. The van der Waals surface area contributed by atoms with Gasteiger partial charge in [0, 0.05) is 18.2 Å². The molecule has 0 atom stereocenters. The minimum atomic E-state index is -1.10. The minimum Gasteiger partial charge on any atom is -0.490 e. The number of fused-ring (bicyclic) bond motifs is 1. The number of ether oxygens (including phenoxy) is 2. The van der Waals surface area contributed by atoms with Crippen molar-refractivity contribution < 1.29 is 24.2 Å². The van der Waals surface area contributed by atoms with Crippen molar-refractivity contribution in [2.45, 2.75) is 6.42 Å². The molecule has 3 N–H and O–H groups in total. The van der Waals surface area contributed by atoms with E-state index in [9.17, 15) is 9.59 Å². The molecule has 0 unspecified atom stereocenters. The molecule has 0 radical (unpaired) electrons. The molecule has 7 heteroatoms. The molecule has 0 saturated heterocycles. The van der Waals surface area contributed by atoms with Gasteiger partial charge in [-0.2, -0.15) is 0 Å². The first-order valence-electron chi connectivity index (χ1n) is 5.81. The van der Waals surface area contributed by atoms with E-state index in [2.05, 4.69) is 10.6 Å². The van der Waals surface area contributed by atoms with Gasteiger partial charge in [-0.05, 0) is 12.1 Å². The third-order valence-electron chi connectivity index (χ3n) is 2.41. The molecule has 0 aromatic heterocycles. The predicted molar refractivity (Wildman–Crippen MR) is 66.7 cm³/mol. The molecule has 1 aliphatic rings. The number of carboxylic acids is 1. The number of rotatable bonds is 3. The number of carbonyl (C=O) groups excluding carboxylic acids is 1. The fourth-order valence-electron chi connectivity index (χ4n) is 1.57. The Labute approximate surface area is 109 Å². The van der Waals surface area contributed by atoms with E-state index in [-0.39, 0.29) is 0 Å². The maximum atomic E-state index is 11.4. The lowest BCUT2D eigenvalue weighted by atomic mass is 10.3. The Kier molecular flexibility index (Phi) is 4.07. The van der Waals surface area contributed by atoms with Crippen LogP contribution in [0, 0.1) is 0 Å². The average Bonchev–Trinajstić information content (AvgIpc) is 2.61. The zero-order chi connectivity index (χ0) is 13.7. The van der Waals surface area contributed by atoms with Crippen molar-refractivity contribution in [3.63, 3.8) is 0 Å². The summed E-state index contributed by atoms with van der Waals surface area (Å²) in [5.41, 5.74) is 0.507. The first-order valence-corrected chi connectivity index (χ1v) is 5.81. The molecule has 0 saturated carbocycles. The summed E-state index contributed by atoms with van der Waals surface area (Å²) in [7, 11) is 0. The van der Waals surface area contributed by atoms with Gasteiger partial charge in [0.05, 0.1) is 13.2 Å². The molecule has 2 rings (SSSR count). The van der Waals surface area contributed by atoms with Crippen LogP contribution in [0.3, 0.4) is 0 Å². The Morgan fingerprint density at radius 3 is 2.68 bits per heavy atom. The third kappa shape index (κ3) is 3.77.